The Bertz CT molecular complexity index is 366. The minimum atomic E-state index is -1.49. The van der Waals surface area contributed by atoms with Gasteiger partial charge in [-0.3, -0.25) is 0 Å². The smallest absolute Gasteiger partial charge is 0.217 e. The zero-order valence-electron chi connectivity index (χ0n) is 14.3. The first-order chi connectivity index (χ1) is 9.65. The molecule has 6 heteroatoms. The molecular formula is C15H30O5Si. The standard InChI is InChI=1S/C15H30O5Si/c1-11-8-20-15(16,12(2)9-21(5,6)7)14(13(11)18-4)19-10-17-3/h9,11,13-14,16H,8,10H2,1-7H3/b12-9+/t11-,13-,14+,15?/m0/s1. The second kappa shape index (κ2) is 7.35. The number of hydrogen-bond acceptors (Lipinski definition) is 5. The van der Waals surface area contributed by atoms with Gasteiger partial charge in [-0.05, 0) is 12.5 Å². The Hall–Kier alpha value is -0.243. The van der Waals surface area contributed by atoms with Crippen molar-refractivity contribution in [1.82, 2.24) is 0 Å². The van der Waals surface area contributed by atoms with E-state index < -0.39 is 20.0 Å². The molecule has 0 saturated carbocycles. The third kappa shape index (κ3) is 4.61. The fourth-order valence-corrected chi connectivity index (χ4v) is 4.26. The van der Waals surface area contributed by atoms with Crippen molar-refractivity contribution in [3.8, 4) is 0 Å². The highest BCUT2D eigenvalue weighted by atomic mass is 28.3. The first-order valence-electron chi connectivity index (χ1n) is 7.35. The molecule has 4 atom stereocenters. The van der Waals surface area contributed by atoms with Crippen molar-refractivity contribution in [3.05, 3.63) is 11.3 Å². The predicted octanol–water partition coefficient (Wildman–Crippen LogP) is 2.17. The van der Waals surface area contributed by atoms with Gasteiger partial charge in [0.2, 0.25) is 5.79 Å². The first kappa shape index (κ1) is 18.8. The molecular weight excluding hydrogens is 288 g/mol. The third-order valence-corrected chi connectivity index (χ3v) is 4.96. The number of hydrogen-bond donors (Lipinski definition) is 1. The third-order valence-electron chi connectivity index (χ3n) is 3.66. The van der Waals surface area contributed by atoms with Gasteiger partial charge in [0.1, 0.15) is 12.9 Å². The molecule has 124 valence electrons. The lowest BCUT2D eigenvalue weighted by Gasteiger charge is -2.46. The van der Waals surface area contributed by atoms with Crippen LogP contribution in [-0.4, -0.2) is 58.8 Å². The fraction of sp³-hybridized carbons (Fsp3) is 0.867. The molecule has 0 radical (unpaired) electrons. The highest BCUT2D eigenvalue weighted by Gasteiger charge is 2.51. The first-order valence-corrected chi connectivity index (χ1v) is 10.9. The van der Waals surface area contributed by atoms with E-state index in [9.17, 15) is 5.11 Å². The summed E-state index contributed by atoms with van der Waals surface area (Å²) >= 11 is 0. The van der Waals surface area contributed by atoms with E-state index >= 15 is 0 Å². The van der Waals surface area contributed by atoms with Crippen LogP contribution in [0.3, 0.4) is 0 Å². The van der Waals surface area contributed by atoms with Crippen molar-refractivity contribution >= 4 is 8.07 Å². The summed E-state index contributed by atoms with van der Waals surface area (Å²) in [6.07, 6.45) is -0.859. The lowest BCUT2D eigenvalue weighted by molar-refractivity contribution is -0.316. The zero-order chi connectivity index (χ0) is 16.3. The quantitative estimate of drug-likeness (QED) is 0.601. The number of aliphatic hydroxyl groups is 1. The highest BCUT2D eigenvalue weighted by molar-refractivity contribution is 6.81. The van der Waals surface area contributed by atoms with Gasteiger partial charge >= 0.3 is 0 Å². The van der Waals surface area contributed by atoms with E-state index in [4.69, 9.17) is 18.9 Å². The van der Waals surface area contributed by atoms with E-state index in [-0.39, 0.29) is 18.8 Å². The Kier molecular flexibility index (Phi) is 6.58. The molecule has 1 aliphatic rings. The van der Waals surface area contributed by atoms with Crippen LogP contribution in [-0.2, 0) is 18.9 Å². The van der Waals surface area contributed by atoms with Gasteiger partial charge in [-0.2, -0.15) is 0 Å². The van der Waals surface area contributed by atoms with Gasteiger partial charge < -0.3 is 24.1 Å². The molecule has 0 aromatic heterocycles. The van der Waals surface area contributed by atoms with Crippen LogP contribution < -0.4 is 0 Å². The Morgan fingerprint density at radius 2 is 2.00 bits per heavy atom. The van der Waals surface area contributed by atoms with Crippen LogP contribution in [0.4, 0.5) is 0 Å². The van der Waals surface area contributed by atoms with Crippen molar-refractivity contribution < 1.29 is 24.1 Å². The van der Waals surface area contributed by atoms with Gasteiger partial charge in [0.25, 0.3) is 0 Å². The molecule has 5 nitrogen and oxygen atoms in total. The van der Waals surface area contributed by atoms with Gasteiger partial charge in [-0.15, -0.1) is 0 Å². The van der Waals surface area contributed by atoms with Gasteiger partial charge in [0.15, 0.2) is 0 Å². The molecule has 21 heavy (non-hydrogen) atoms. The van der Waals surface area contributed by atoms with Crippen molar-refractivity contribution in [3.63, 3.8) is 0 Å². The maximum Gasteiger partial charge on any atom is 0.217 e. The van der Waals surface area contributed by atoms with Gasteiger partial charge in [0, 0.05) is 20.1 Å². The lowest BCUT2D eigenvalue weighted by atomic mass is 9.88. The Labute approximate surface area is 129 Å². The fourth-order valence-electron chi connectivity index (χ4n) is 2.75. The minimum Gasteiger partial charge on any atom is -0.378 e. The molecule has 0 aliphatic carbocycles. The van der Waals surface area contributed by atoms with Gasteiger partial charge in [0.05, 0.1) is 20.8 Å². The van der Waals surface area contributed by atoms with Crippen molar-refractivity contribution in [2.24, 2.45) is 5.92 Å². The molecule has 1 fully saturated rings. The highest BCUT2D eigenvalue weighted by Crippen LogP contribution is 2.36. The molecule has 1 N–H and O–H groups in total. The second-order valence-electron chi connectivity index (χ2n) is 6.87. The summed E-state index contributed by atoms with van der Waals surface area (Å²) in [5.74, 6) is -1.33. The van der Waals surface area contributed by atoms with Gasteiger partial charge in [-0.25, -0.2) is 0 Å². The topological polar surface area (TPSA) is 57.2 Å². The molecule has 1 saturated heterocycles. The van der Waals surface area contributed by atoms with Crippen LogP contribution in [0.15, 0.2) is 11.3 Å². The Morgan fingerprint density at radius 3 is 2.48 bits per heavy atom. The lowest BCUT2D eigenvalue weighted by Crippen LogP contribution is -2.61. The van der Waals surface area contributed by atoms with E-state index in [0.717, 1.165) is 5.57 Å². The van der Waals surface area contributed by atoms with Crippen molar-refractivity contribution in [2.45, 2.75) is 51.5 Å². The molecule has 0 aromatic rings. The molecule has 0 bridgehead atoms. The maximum absolute atomic E-state index is 11.1. The van der Waals surface area contributed by atoms with Gasteiger partial charge in [-0.1, -0.05) is 32.3 Å². The largest absolute Gasteiger partial charge is 0.378 e. The zero-order valence-corrected chi connectivity index (χ0v) is 15.3. The van der Waals surface area contributed by atoms with Crippen LogP contribution in [0.1, 0.15) is 13.8 Å². The molecule has 0 amide bonds. The summed E-state index contributed by atoms with van der Waals surface area (Å²) in [7, 11) is 1.70. The predicted molar refractivity (Wildman–Crippen MR) is 84.7 cm³/mol. The average molecular weight is 318 g/mol. The molecule has 1 heterocycles. The number of rotatable bonds is 6. The van der Waals surface area contributed by atoms with Crippen molar-refractivity contribution in [1.29, 1.82) is 0 Å². The SMILES string of the molecule is COCO[C@@H]1[C@@H](OC)[C@@H](C)COC1(O)/C(C)=C/[Si](C)(C)C. The van der Waals surface area contributed by atoms with E-state index in [1.54, 1.807) is 14.2 Å². The summed E-state index contributed by atoms with van der Waals surface area (Å²) in [6, 6.07) is 0. The van der Waals surface area contributed by atoms with E-state index in [1.807, 2.05) is 13.8 Å². The second-order valence-corrected chi connectivity index (χ2v) is 11.9. The Morgan fingerprint density at radius 1 is 1.38 bits per heavy atom. The van der Waals surface area contributed by atoms with Crippen LogP contribution in [0, 0.1) is 5.92 Å². The molecule has 1 unspecified atom stereocenters. The summed E-state index contributed by atoms with van der Waals surface area (Å²) in [4.78, 5) is 0. The van der Waals surface area contributed by atoms with E-state index in [1.165, 1.54) is 0 Å². The molecule has 0 aromatic carbocycles. The summed E-state index contributed by atoms with van der Waals surface area (Å²) < 4.78 is 22.0. The van der Waals surface area contributed by atoms with Crippen LogP contribution >= 0.6 is 0 Å². The Balaban J connectivity index is 3.12. The molecule has 0 spiro atoms. The monoisotopic (exact) mass is 318 g/mol. The van der Waals surface area contributed by atoms with Crippen LogP contribution in [0.2, 0.25) is 19.6 Å². The van der Waals surface area contributed by atoms with E-state index in [2.05, 4.69) is 25.3 Å². The normalized spacial score (nSPS) is 35.0. The minimum absolute atomic E-state index is 0.0865. The number of ether oxygens (including phenoxy) is 4. The molecule has 1 rings (SSSR count). The van der Waals surface area contributed by atoms with Crippen LogP contribution in [0.5, 0.6) is 0 Å². The maximum atomic E-state index is 11.1. The molecule has 1 aliphatic heterocycles. The summed E-state index contributed by atoms with van der Waals surface area (Å²) in [5, 5.41) is 11.1. The van der Waals surface area contributed by atoms with Crippen LogP contribution in [0.25, 0.3) is 0 Å². The summed E-state index contributed by atoms with van der Waals surface area (Å²) in [6.45, 7) is 11.1. The van der Waals surface area contributed by atoms with Crippen molar-refractivity contribution in [2.75, 3.05) is 27.6 Å². The van der Waals surface area contributed by atoms with E-state index in [0.29, 0.717) is 6.61 Å². The number of methoxy groups -OCH3 is 2. The summed E-state index contributed by atoms with van der Waals surface area (Å²) in [5.41, 5.74) is 2.93. The average Bonchev–Trinajstić information content (AvgIpc) is 2.37.